The SMILES string of the molecule is Cc1ccccc1-c1noc(C)c1C(=O)NC(N)=NCC(C)C. The molecular formula is C17H22N4O2. The number of carbonyl (C=O) groups excluding carboxylic acids is 1. The summed E-state index contributed by atoms with van der Waals surface area (Å²) in [4.78, 5) is 16.6. The zero-order valence-electron chi connectivity index (χ0n) is 13.9. The number of nitrogens with zero attached hydrogens (tertiary/aromatic N) is 2. The summed E-state index contributed by atoms with van der Waals surface area (Å²) < 4.78 is 5.21. The van der Waals surface area contributed by atoms with E-state index < -0.39 is 0 Å². The van der Waals surface area contributed by atoms with E-state index in [0.717, 1.165) is 11.1 Å². The highest BCUT2D eigenvalue weighted by Gasteiger charge is 2.22. The van der Waals surface area contributed by atoms with Gasteiger partial charge in [-0.05, 0) is 25.3 Å². The Balaban J connectivity index is 2.30. The average Bonchev–Trinajstić information content (AvgIpc) is 2.87. The lowest BCUT2D eigenvalue weighted by Crippen LogP contribution is -2.37. The van der Waals surface area contributed by atoms with Crippen molar-refractivity contribution < 1.29 is 9.32 Å². The van der Waals surface area contributed by atoms with Crippen LogP contribution in [0, 0.1) is 19.8 Å². The highest BCUT2D eigenvalue weighted by Crippen LogP contribution is 2.27. The van der Waals surface area contributed by atoms with Crippen LogP contribution in [-0.2, 0) is 0 Å². The number of nitrogens with two attached hydrogens (primary N) is 1. The predicted octanol–water partition coefficient (Wildman–Crippen LogP) is 2.66. The van der Waals surface area contributed by atoms with Crippen molar-refractivity contribution in [2.75, 3.05) is 6.54 Å². The first-order valence-electron chi connectivity index (χ1n) is 7.53. The van der Waals surface area contributed by atoms with Gasteiger partial charge >= 0.3 is 0 Å². The number of hydrogen-bond donors (Lipinski definition) is 2. The summed E-state index contributed by atoms with van der Waals surface area (Å²) in [6.45, 7) is 8.27. The van der Waals surface area contributed by atoms with E-state index in [1.54, 1.807) is 6.92 Å². The highest BCUT2D eigenvalue weighted by atomic mass is 16.5. The maximum Gasteiger partial charge on any atom is 0.263 e. The van der Waals surface area contributed by atoms with E-state index in [1.165, 1.54) is 0 Å². The summed E-state index contributed by atoms with van der Waals surface area (Å²) in [7, 11) is 0. The minimum absolute atomic E-state index is 0.0973. The number of aromatic nitrogens is 1. The molecule has 0 aliphatic rings. The molecule has 0 bridgehead atoms. The number of amides is 1. The Bertz CT molecular complexity index is 732. The molecule has 0 aliphatic heterocycles. The van der Waals surface area contributed by atoms with Gasteiger partial charge in [-0.3, -0.25) is 15.1 Å². The minimum Gasteiger partial charge on any atom is -0.370 e. The maximum atomic E-state index is 12.5. The number of benzene rings is 1. The first-order valence-corrected chi connectivity index (χ1v) is 7.53. The predicted molar refractivity (Wildman–Crippen MR) is 90.2 cm³/mol. The Hall–Kier alpha value is -2.63. The fraction of sp³-hybridized carbons (Fsp3) is 0.353. The Morgan fingerprint density at radius 1 is 1.35 bits per heavy atom. The van der Waals surface area contributed by atoms with Crippen molar-refractivity contribution in [3.8, 4) is 11.3 Å². The number of nitrogens with one attached hydrogen (secondary N) is 1. The molecule has 0 saturated carbocycles. The Kier molecular flexibility index (Phi) is 5.16. The lowest BCUT2D eigenvalue weighted by atomic mass is 10.0. The number of carbonyl (C=O) groups is 1. The normalized spacial score (nSPS) is 11.8. The average molecular weight is 314 g/mol. The minimum atomic E-state index is -0.369. The van der Waals surface area contributed by atoms with Crippen molar-refractivity contribution in [3.63, 3.8) is 0 Å². The zero-order chi connectivity index (χ0) is 17.0. The van der Waals surface area contributed by atoms with Crippen LogP contribution in [0.1, 0.15) is 35.5 Å². The molecule has 0 saturated heterocycles. The summed E-state index contributed by atoms with van der Waals surface area (Å²) in [5, 5.41) is 6.63. The van der Waals surface area contributed by atoms with E-state index in [2.05, 4.69) is 15.5 Å². The molecule has 0 spiro atoms. The first-order chi connectivity index (χ1) is 10.9. The Morgan fingerprint density at radius 3 is 2.70 bits per heavy atom. The number of aryl methyl sites for hydroxylation is 2. The van der Waals surface area contributed by atoms with Gasteiger partial charge in [-0.2, -0.15) is 0 Å². The Morgan fingerprint density at radius 2 is 2.04 bits per heavy atom. The molecule has 122 valence electrons. The Labute approximate surface area is 135 Å². The van der Waals surface area contributed by atoms with Crippen LogP contribution < -0.4 is 11.1 Å². The lowest BCUT2D eigenvalue weighted by Gasteiger charge is -2.07. The molecule has 3 N–H and O–H groups in total. The summed E-state index contributed by atoms with van der Waals surface area (Å²) in [6.07, 6.45) is 0. The second-order valence-corrected chi connectivity index (χ2v) is 5.85. The van der Waals surface area contributed by atoms with Crippen molar-refractivity contribution in [2.24, 2.45) is 16.6 Å². The van der Waals surface area contributed by atoms with Crippen LogP contribution in [0.5, 0.6) is 0 Å². The van der Waals surface area contributed by atoms with Crippen LogP contribution in [0.3, 0.4) is 0 Å². The number of guanidine groups is 1. The summed E-state index contributed by atoms with van der Waals surface area (Å²) in [6, 6.07) is 7.69. The van der Waals surface area contributed by atoms with E-state index >= 15 is 0 Å². The van der Waals surface area contributed by atoms with Crippen LogP contribution in [-0.4, -0.2) is 23.6 Å². The molecule has 1 heterocycles. The summed E-state index contributed by atoms with van der Waals surface area (Å²) >= 11 is 0. The second-order valence-electron chi connectivity index (χ2n) is 5.85. The van der Waals surface area contributed by atoms with Crippen LogP contribution in [0.25, 0.3) is 11.3 Å². The fourth-order valence-corrected chi connectivity index (χ4v) is 2.16. The van der Waals surface area contributed by atoms with Crippen molar-refractivity contribution >= 4 is 11.9 Å². The quantitative estimate of drug-likeness (QED) is 0.670. The van der Waals surface area contributed by atoms with Gasteiger partial charge in [-0.25, -0.2) is 0 Å². The molecule has 0 radical (unpaired) electrons. The topological polar surface area (TPSA) is 93.5 Å². The van der Waals surface area contributed by atoms with E-state index in [0.29, 0.717) is 29.5 Å². The number of aliphatic imine (C=N–C) groups is 1. The molecule has 2 aromatic rings. The van der Waals surface area contributed by atoms with Gasteiger partial charge in [0, 0.05) is 12.1 Å². The van der Waals surface area contributed by atoms with Gasteiger partial charge in [-0.1, -0.05) is 43.3 Å². The van der Waals surface area contributed by atoms with Crippen LogP contribution in [0.15, 0.2) is 33.8 Å². The van der Waals surface area contributed by atoms with Crippen molar-refractivity contribution in [3.05, 3.63) is 41.2 Å². The molecule has 0 aliphatic carbocycles. The molecule has 6 heteroatoms. The largest absolute Gasteiger partial charge is 0.370 e. The van der Waals surface area contributed by atoms with Gasteiger partial charge in [0.2, 0.25) is 0 Å². The molecule has 0 fully saturated rings. The molecule has 1 amide bonds. The molecule has 0 atom stereocenters. The summed E-state index contributed by atoms with van der Waals surface area (Å²) in [5.74, 6) is 0.537. The molecule has 6 nitrogen and oxygen atoms in total. The van der Waals surface area contributed by atoms with Crippen LogP contribution in [0.2, 0.25) is 0 Å². The van der Waals surface area contributed by atoms with E-state index in [-0.39, 0.29) is 11.9 Å². The van der Waals surface area contributed by atoms with Crippen molar-refractivity contribution in [2.45, 2.75) is 27.7 Å². The monoisotopic (exact) mass is 314 g/mol. The van der Waals surface area contributed by atoms with Crippen molar-refractivity contribution in [1.29, 1.82) is 0 Å². The van der Waals surface area contributed by atoms with Crippen molar-refractivity contribution in [1.82, 2.24) is 10.5 Å². The molecule has 0 unspecified atom stereocenters. The van der Waals surface area contributed by atoms with Crippen LogP contribution >= 0.6 is 0 Å². The molecule has 23 heavy (non-hydrogen) atoms. The maximum absolute atomic E-state index is 12.5. The lowest BCUT2D eigenvalue weighted by molar-refractivity contribution is 0.0975. The van der Waals surface area contributed by atoms with Gasteiger partial charge < -0.3 is 10.3 Å². The smallest absolute Gasteiger partial charge is 0.263 e. The fourth-order valence-electron chi connectivity index (χ4n) is 2.16. The third kappa shape index (κ3) is 3.97. The van der Waals surface area contributed by atoms with Gasteiger partial charge in [0.15, 0.2) is 5.96 Å². The molecule has 1 aromatic carbocycles. The second kappa shape index (κ2) is 7.09. The van der Waals surface area contributed by atoms with Gasteiger partial charge in [-0.15, -0.1) is 0 Å². The van der Waals surface area contributed by atoms with Gasteiger partial charge in [0.1, 0.15) is 17.0 Å². The van der Waals surface area contributed by atoms with Gasteiger partial charge in [0.25, 0.3) is 5.91 Å². The third-order valence-corrected chi connectivity index (χ3v) is 3.36. The van der Waals surface area contributed by atoms with E-state index in [1.807, 2.05) is 45.0 Å². The molecule has 2 rings (SSSR count). The molecule has 1 aromatic heterocycles. The highest BCUT2D eigenvalue weighted by molar-refractivity contribution is 6.09. The zero-order valence-corrected chi connectivity index (χ0v) is 13.9. The van der Waals surface area contributed by atoms with Crippen LogP contribution in [0.4, 0.5) is 0 Å². The third-order valence-electron chi connectivity index (χ3n) is 3.36. The molecular weight excluding hydrogens is 292 g/mol. The van der Waals surface area contributed by atoms with Gasteiger partial charge in [0.05, 0.1) is 0 Å². The van der Waals surface area contributed by atoms with E-state index in [4.69, 9.17) is 10.3 Å². The summed E-state index contributed by atoms with van der Waals surface area (Å²) in [5.41, 5.74) is 8.51. The van der Waals surface area contributed by atoms with E-state index in [9.17, 15) is 4.79 Å². The standard InChI is InChI=1S/C17H22N4O2/c1-10(2)9-19-17(18)20-16(22)14-12(4)23-21-15(14)13-8-6-5-7-11(13)3/h5-8,10H,9H2,1-4H3,(H3,18,19,20,22). The number of hydrogen-bond acceptors (Lipinski definition) is 4. The first kappa shape index (κ1) is 16.7. The number of rotatable bonds is 4.